The minimum Gasteiger partial charge on any atom is -0.383 e. The molecule has 1 saturated carbocycles. The van der Waals surface area contributed by atoms with E-state index in [0.29, 0.717) is 5.82 Å². The van der Waals surface area contributed by atoms with Gasteiger partial charge in [-0.15, -0.1) is 6.58 Å². The highest BCUT2D eigenvalue weighted by Gasteiger charge is 2.20. The number of aromatic nitrogens is 1. The van der Waals surface area contributed by atoms with Crippen molar-refractivity contribution in [3.63, 3.8) is 0 Å². The number of anilines is 1. The molecule has 1 aromatic carbocycles. The van der Waals surface area contributed by atoms with E-state index in [0.717, 1.165) is 52.2 Å². The molecule has 1 fully saturated rings. The van der Waals surface area contributed by atoms with E-state index < -0.39 is 0 Å². The van der Waals surface area contributed by atoms with Crippen molar-refractivity contribution >= 4 is 38.9 Å². The largest absolute Gasteiger partial charge is 0.383 e. The van der Waals surface area contributed by atoms with Crippen LogP contribution in [-0.4, -0.2) is 11.2 Å². The number of benzene rings is 1. The van der Waals surface area contributed by atoms with Crippen molar-refractivity contribution in [1.29, 1.82) is 0 Å². The van der Waals surface area contributed by atoms with Gasteiger partial charge in [0.1, 0.15) is 5.82 Å². The maximum absolute atomic E-state index is 5.87. The van der Waals surface area contributed by atoms with Crippen molar-refractivity contribution in [2.24, 2.45) is 16.8 Å². The lowest BCUT2D eigenvalue weighted by atomic mass is 9.97. The standard InChI is InChI=1S/C17H21BrN2.C12H21N.C3H8.C3H6/c1-11-2-3-12(8-11)4-5-13-6-7-14-10-15(18)17(19)20-16(14)9-13;1-6-8-10(3)11(4)12(5)13-9-7-2;2*1-3-2/h6-7,9-12H,2-5,8H2,1H3,(H2,19,20);8-9H,6-7H2,1-5H3;3H2,1-2H3;3H,1H2,2H3/b;10-8+,12-11-,13-9?;;. The van der Waals surface area contributed by atoms with Crippen LogP contribution in [0.4, 0.5) is 5.82 Å². The Balaban J connectivity index is 0.000000658. The summed E-state index contributed by atoms with van der Waals surface area (Å²) in [6.45, 7) is 22.5. The maximum atomic E-state index is 5.87. The van der Waals surface area contributed by atoms with Gasteiger partial charge in [-0.1, -0.05) is 83.7 Å². The second-order valence-corrected chi connectivity index (χ2v) is 11.4. The fraction of sp³-hybridized carbons (Fsp3) is 0.543. The van der Waals surface area contributed by atoms with Crippen LogP contribution in [0.2, 0.25) is 0 Å². The van der Waals surface area contributed by atoms with Crippen molar-refractivity contribution in [2.45, 2.75) is 114 Å². The summed E-state index contributed by atoms with van der Waals surface area (Å²) in [5.41, 5.74) is 12.0. The van der Waals surface area contributed by atoms with Gasteiger partial charge >= 0.3 is 0 Å². The van der Waals surface area contributed by atoms with Crippen LogP contribution in [0.3, 0.4) is 0 Å². The van der Waals surface area contributed by atoms with Gasteiger partial charge < -0.3 is 5.73 Å². The molecule has 3 rings (SSSR count). The van der Waals surface area contributed by atoms with Gasteiger partial charge in [-0.2, -0.15) is 0 Å². The molecule has 2 aromatic rings. The van der Waals surface area contributed by atoms with E-state index in [9.17, 15) is 0 Å². The van der Waals surface area contributed by atoms with Crippen molar-refractivity contribution in [3.05, 3.63) is 69.9 Å². The molecule has 218 valence electrons. The summed E-state index contributed by atoms with van der Waals surface area (Å²) in [6.07, 6.45) is 16.0. The normalized spacial score (nSPS) is 17.3. The number of nitrogen functional groups attached to an aromatic ring is 1. The highest BCUT2D eigenvalue weighted by Crippen LogP contribution is 2.33. The second-order valence-electron chi connectivity index (χ2n) is 10.5. The molecule has 2 unspecified atom stereocenters. The Hall–Kier alpha value is -2.20. The molecule has 0 bridgehead atoms. The van der Waals surface area contributed by atoms with Gasteiger partial charge in [0, 0.05) is 17.3 Å². The third-order valence-corrected chi connectivity index (χ3v) is 7.25. The number of hydrogen-bond acceptors (Lipinski definition) is 3. The highest BCUT2D eigenvalue weighted by molar-refractivity contribution is 9.10. The molecule has 2 atom stereocenters. The molecule has 0 amide bonds. The van der Waals surface area contributed by atoms with Gasteiger partial charge in [-0.25, -0.2) is 4.98 Å². The number of aryl methyl sites for hydroxylation is 1. The van der Waals surface area contributed by atoms with Crippen LogP contribution in [0.5, 0.6) is 0 Å². The van der Waals surface area contributed by atoms with Crippen molar-refractivity contribution in [3.8, 4) is 0 Å². The summed E-state index contributed by atoms with van der Waals surface area (Å²) >= 11 is 3.43. The smallest absolute Gasteiger partial charge is 0.138 e. The molecule has 1 aliphatic carbocycles. The van der Waals surface area contributed by atoms with E-state index in [1.54, 1.807) is 6.08 Å². The van der Waals surface area contributed by atoms with E-state index in [2.05, 4.69) is 112 Å². The molecular formula is C35H56BrN3. The van der Waals surface area contributed by atoms with E-state index in [1.807, 2.05) is 19.2 Å². The summed E-state index contributed by atoms with van der Waals surface area (Å²) in [4.78, 5) is 8.82. The minimum absolute atomic E-state index is 0.569. The lowest BCUT2D eigenvalue weighted by Gasteiger charge is -2.10. The molecule has 0 spiro atoms. The molecule has 0 aliphatic heterocycles. The van der Waals surface area contributed by atoms with Gasteiger partial charge in [0.05, 0.1) is 9.99 Å². The first-order valence-corrected chi connectivity index (χ1v) is 15.7. The number of fused-ring (bicyclic) bond motifs is 1. The second kappa shape index (κ2) is 21.6. The number of pyridine rings is 1. The van der Waals surface area contributed by atoms with Gasteiger partial charge in [0.2, 0.25) is 0 Å². The van der Waals surface area contributed by atoms with Crippen molar-refractivity contribution in [2.75, 3.05) is 5.73 Å². The Morgan fingerprint density at radius 2 is 1.74 bits per heavy atom. The number of hydrogen-bond donors (Lipinski definition) is 1. The topological polar surface area (TPSA) is 51.3 Å². The average molecular weight is 599 g/mol. The number of halogens is 1. The van der Waals surface area contributed by atoms with Crippen LogP contribution >= 0.6 is 15.9 Å². The lowest BCUT2D eigenvalue weighted by molar-refractivity contribution is 0.480. The van der Waals surface area contributed by atoms with Gasteiger partial charge in [0.25, 0.3) is 0 Å². The molecular weight excluding hydrogens is 542 g/mol. The number of aliphatic imine (C=N–C) groups is 1. The molecule has 1 aliphatic rings. The van der Waals surface area contributed by atoms with Gasteiger partial charge in [-0.3, -0.25) is 4.99 Å². The highest BCUT2D eigenvalue weighted by atomic mass is 79.9. The van der Waals surface area contributed by atoms with E-state index >= 15 is 0 Å². The SMILES string of the molecule is C=CC.CC1CCC(CCc2ccc3cc(Br)c(N)nc3c2)C1.CCC.CCC=N/C(C)=C(C)\C(C)=C\CC. The monoisotopic (exact) mass is 597 g/mol. The number of rotatable bonds is 7. The van der Waals surface area contributed by atoms with E-state index in [-0.39, 0.29) is 0 Å². The summed E-state index contributed by atoms with van der Waals surface area (Å²) < 4.78 is 0.873. The zero-order valence-corrected chi connectivity index (χ0v) is 28.0. The molecule has 1 heterocycles. The van der Waals surface area contributed by atoms with Crippen LogP contribution in [0, 0.1) is 11.8 Å². The van der Waals surface area contributed by atoms with Crippen LogP contribution in [0.15, 0.2) is 69.3 Å². The first-order valence-electron chi connectivity index (χ1n) is 14.9. The molecule has 1 aromatic heterocycles. The summed E-state index contributed by atoms with van der Waals surface area (Å²) in [5, 5.41) is 1.14. The first-order chi connectivity index (χ1) is 18.6. The average Bonchev–Trinajstić information content (AvgIpc) is 3.32. The predicted molar refractivity (Wildman–Crippen MR) is 182 cm³/mol. The summed E-state index contributed by atoms with van der Waals surface area (Å²) in [6, 6.07) is 8.61. The number of allylic oxidation sites excluding steroid dienone is 5. The number of nitrogens with two attached hydrogens (primary N) is 1. The van der Waals surface area contributed by atoms with E-state index in [4.69, 9.17) is 5.73 Å². The Kier molecular flexibility index (Phi) is 20.4. The lowest BCUT2D eigenvalue weighted by Crippen LogP contribution is -1.98. The molecule has 39 heavy (non-hydrogen) atoms. The quantitative estimate of drug-likeness (QED) is 0.196. The summed E-state index contributed by atoms with van der Waals surface area (Å²) in [5.74, 6) is 2.42. The van der Waals surface area contributed by atoms with Gasteiger partial charge in [-0.05, 0) is 111 Å². The Bertz CT molecular complexity index is 1060. The Morgan fingerprint density at radius 1 is 1.10 bits per heavy atom. The van der Waals surface area contributed by atoms with Crippen LogP contribution in [0.1, 0.15) is 113 Å². The molecule has 3 nitrogen and oxygen atoms in total. The van der Waals surface area contributed by atoms with Crippen molar-refractivity contribution < 1.29 is 0 Å². The molecule has 4 heteroatoms. The minimum atomic E-state index is 0.569. The van der Waals surface area contributed by atoms with Crippen LogP contribution < -0.4 is 5.73 Å². The fourth-order valence-corrected chi connectivity index (χ4v) is 4.72. The van der Waals surface area contributed by atoms with Crippen LogP contribution in [-0.2, 0) is 6.42 Å². The third kappa shape index (κ3) is 15.2. The first kappa shape index (κ1) is 36.8. The van der Waals surface area contributed by atoms with Crippen molar-refractivity contribution in [1.82, 2.24) is 4.98 Å². The molecule has 0 saturated heterocycles. The molecule has 2 N–H and O–H groups in total. The van der Waals surface area contributed by atoms with E-state index in [1.165, 1.54) is 48.8 Å². The Morgan fingerprint density at radius 3 is 2.28 bits per heavy atom. The number of nitrogens with zero attached hydrogens (tertiary/aromatic N) is 2. The zero-order chi connectivity index (χ0) is 29.8. The summed E-state index contributed by atoms with van der Waals surface area (Å²) in [7, 11) is 0. The Labute approximate surface area is 249 Å². The zero-order valence-electron chi connectivity index (χ0n) is 26.4. The predicted octanol–water partition coefficient (Wildman–Crippen LogP) is 11.7. The van der Waals surface area contributed by atoms with Crippen LogP contribution in [0.25, 0.3) is 10.9 Å². The third-order valence-electron chi connectivity index (χ3n) is 6.62. The molecule has 0 radical (unpaired) electrons. The fourth-order valence-electron chi connectivity index (χ4n) is 4.38. The van der Waals surface area contributed by atoms with Gasteiger partial charge in [0.15, 0.2) is 0 Å². The maximum Gasteiger partial charge on any atom is 0.138 e.